The van der Waals surface area contributed by atoms with E-state index in [4.69, 9.17) is 0 Å². The topological polar surface area (TPSA) is 62.3 Å². The fourth-order valence-electron chi connectivity index (χ4n) is 2.95. The lowest BCUT2D eigenvalue weighted by atomic mass is 9.95. The molecule has 3 rings (SSSR count). The van der Waals surface area contributed by atoms with Crippen molar-refractivity contribution in [3.63, 3.8) is 0 Å². The second-order valence-corrected chi connectivity index (χ2v) is 6.28. The van der Waals surface area contributed by atoms with Crippen molar-refractivity contribution in [1.29, 1.82) is 0 Å². The number of pyridine rings is 1. The zero-order valence-electron chi connectivity index (χ0n) is 14.0. The SMILES string of the molecule is Cc1ccnc(NC(=O)C2CCN(C(=O)c3ccc(F)cc3)CC2)c1. The van der Waals surface area contributed by atoms with Crippen LogP contribution in [0.3, 0.4) is 0 Å². The van der Waals surface area contributed by atoms with Gasteiger partial charge in [0.2, 0.25) is 5.91 Å². The van der Waals surface area contributed by atoms with Crippen molar-refractivity contribution in [1.82, 2.24) is 9.88 Å². The summed E-state index contributed by atoms with van der Waals surface area (Å²) in [5.41, 5.74) is 1.50. The number of carbonyl (C=O) groups is 2. The number of aromatic nitrogens is 1. The van der Waals surface area contributed by atoms with Crippen LogP contribution in [0.4, 0.5) is 10.2 Å². The van der Waals surface area contributed by atoms with Crippen molar-refractivity contribution in [2.75, 3.05) is 18.4 Å². The first kappa shape index (κ1) is 17.1. The van der Waals surface area contributed by atoms with Crippen LogP contribution in [0.2, 0.25) is 0 Å². The van der Waals surface area contributed by atoms with Crippen LogP contribution in [0.15, 0.2) is 42.6 Å². The second kappa shape index (κ2) is 7.42. The summed E-state index contributed by atoms with van der Waals surface area (Å²) in [7, 11) is 0. The number of benzene rings is 1. The van der Waals surface area contributed by atoms with E-state index in [0.717, 1.165) is 5.56 Å². The van der Waals surface area contributed by atoms with Gasteiger partial charge in [-0.3, -0.25) is 9.59 Å². The Labute approximate surface area is 145 Å². The number of aryl methyl sites for hydroxylation is 1. The molecule has 0 aliphatic carbocycles. The molecule has 1 aromatic heterocycles. The van der Waals surface area contributed by atoms with Gasteiger partial charge in [0.05, 0.1) is 0 Å². The van der Waals surface area contributed by atoms with Gasteiger partial charge in [-0.15, -0.1) is 0 Å². The lowest BCUT2D eigenvalue weighted by molar-refractivity contribution is -0.121. The Bertz CT molecular complexity index is 768. The van der Waals surface area contributed by atoms with Crippen LogP contribution >= 0.6 is 0 Å². The van der Waals surface area contributed by atoms with Crippen LogP contribution in [-0.4, -0.2) is 34.8 Å². The minimum atomic E-state index is -0.364. The Morgan fingerprint density at radius 3 is 2.48 bits per heavy atom. The number of likely N-dealkylation sites (tertiary alicyclic amines) is 1. The van der Waals surface area contributed by atoms with E-state index < -0.39 is 0 Å². The van der Waals surface area contributed by atoms with E-state index in [2.05, 4.69) is 10.3 Å². The minimum absolute atomic E-state index is 0.0630. The molecule has 1 aromatic carbocycles. The molecule has 130 valence electrons. The van der Waals surface area contributed by atoms with E-state index >= 15 is 0 Å². The zero-order chi connectivity index (χ0) is 17.8. The molecule has 1 saturated heterocycles. The number of rotatable bonds is 3. The quantitative estimate of drug-likeness (QED) is 0.933. The lowest BCUT2D eigenvalue weighted by Gasteiger charge is -2.31. The monoisotopic (exact) mass is 341 g/mol. The number of anilines is 1. The minimum Gasteiger partial charge on any atom is -0.339 e. The van der Waals surface area contributed by atoms with Gasteiger partial charge in [0, 0.05) is 30.8 Å². The first-order chi connectivity index (χ1) is 12.0. The molecule has 0 atom stereocenters. The third-order valence-electron chi connectivity index (χ3n) is 4.41. The molecular weight excluding hydrogens is 321 g/mol. The van der Waals surface area contributed by atoms with Crippen molar-refractivity contribution >= 4 is 17.6 Å². The summed E-state index contributed by atoms with van der Waals surface area (Å²) in [6, 6.07) is 9.23. The van der Waals surface area contributed by atoms with Gasteiger partial charge in [-0.25, -0.2) is 9.37 Å². The number of hydrogen-bond donors (Lipinski definition) is 1. The summed E-state index contributed by atoms with van der Waals surface area (Å²) >= 11 is 0. The number of piperidine rings is 1. The molecular formula is C19H20FN3O2. The number of halogens is 1. The molecule has 1 fully saturated rings. The largest absolute Gasteiger partial charge is 0.339 e. The molecule has 5 nitrogen and oxygen atoms in total. The molecule has 0 saturated carbocycles. The average Bonchev–Trinajstić information content (AvgIpc) is 2.62. The summed E-state index contributed by atoms with van der Waals surface area (Å²) < 4.78 is 13.0. The predicted octanol–water partition coefficient (Wildman–Crippen LogP) is 3.02. The maximum Gasteiger partial charge on any atom is 0.253 e. The fraction of sp³-hybridized carbons (Fsp3) is 0.316. The van der Waals surface area contributed by atoms with Gasteiger partial charge < -0.3 is 10.2 Å². The molecule has 2 amide bonds. The molecule has 0 radical (unpaired) electrons. The van der Waals surface area contributed by atoms with Crippen LogP contribution in [0, 0.1) is 18.7 Å². The van der Waals surface area contributed by atoms with Crippen LogP contribution in [0.5, 0.6) is 0 Å². The molecule has 1 aliphatic heterocycles. The average molecular weight is 341 g/mol. The van der Waals surface area contributed by atoms with Gasteiger partial charge in [-0.2, -0.15) is 0 Å². The van der Waals surface area contributed by atoms with Crippen LogP contribution < -0.4 is 5.32 Å². The molecule has 6 heteroatoms. The third kappa shape index (κ3) is 4.21. The highest BCUT2D eigenvalue weighted by Gasteiger charge is 2.28. The molecule has 2 aromatic rings. The van der Waals surface area contributed by atoms with E-state index in [1.807, 2.05) is 19.1 Å². The Hall–Kier alpha value is -2.76. The van der Waals surface area contributed by atoms with Gasteiger partial charge in [0.1, 0.15) is 11.6 Å². The summed E-state index contributed by atoms with van der Waals surface area (Å²) in [4.78, 5) is 30.6. The highest BCUT2D eigenvalue weighted by molar-refractivity contribution is 5.95. The summed E-state index contributed by atoms with van der Waals surface area (Å²) in [5.74, 6) is -0.141. The lowest BCUT2D eigenvalue weighted by Crippen LogP contribution is -2.41. The Balaban J connectivity index is 1.55. The van der Waals surface area contributed by atoms with Crippen molar-refractivity contribution in [3.8, 4) is 0 Å². The number of amides is 2. The maximum absolute atomic E-state index is 13.0. The molecule has 2 heterocycles. The van der Waals surface area contributed by atoms with E-state index in [1.54, 1.807) is 11.1 Å². The van der Waals surface area contributed by atoms with E-state index in [0.29, 0.717) is 37.3 Å². The summed E-state index contributed by atoms with van der Waals surface area (Å²) in [6.07, 6.45) is 2.87. The third-order valence-corrected chi connectivity index (χ3v) is 4.41. The molecule has 25 heavy (non-hydrogen) atoms. The fourth-order valence-corrected chi connectivity index (χ4v) is 2.95. The highest BCUT2D eigenvalue weighted by Crippen LogP contribution is 2.21. The van der Waals surface area contributed by atoms with Crippen molar-refractivity contribution in [3.05, 3.63) is 59.5 Å². The summed E-state index contributed by atoms with van der Waals surface area (Å²) in [5, 5.41) is 2.84. The van der Waals surface area contributed by atoms with Crippen LogP contribution in [0.1, 0.15) is 28.8 Å². The van der Waals surface area contributed by atoms with Gasteiger partial charge in [0.25, 0.3) is 5.91 Å². The van der Waals surface area contributed by atoms with E-state index in [1.165, 1.54) is 24.3 Å². The van der Waals surface area contributed by atoms with Crippen LogP contribution in [-0.2, 0) is 4.79 Å². The van der Waals surface area contributed by atoms with Crippen molar-refractivity contribution in [2.45, 2.75) is 19.8 Å². The number of hydrogen-bond acceptors (Lipinski definition) is 3. The van der Waals surface area contributed by atoms with Gasteiger partial charge in [-0.1, -0.05) is 0 Å². The molecule has 1 aliphatic rings. The van der Waals surface area contributed by atoms with Crippen molar-refractivity contribution in [2.24, 2.45) is 5.92 Å². The van der Waals surface area contributed by atoms with Gasteiger partial charge in [-0.05, 0) is 61.7 Å². The van der Waals surface area contributed by atoms with Gasteiger partial charge >= 0.3 is 0 Å². The van der Waals surface area contributed by atoms with Crippen molar-refractivity contribution < 1.29 is 14.0 Å². The zero-order valence-corrected chi connectivity index (χ0v) is 14.0. The number of nitrogens with zero attached hydrogens (tertiary/aromatic N) is 2. The summed E-state index contributed by atoms with van der Waals surface area (Å²) in [6.45, 7) is 2.96. The number of carbonyl (C=O) groups excluding carboxylic acids is 2. The molecule has 0 spiro atoms. The normalized spacial score (nSPS) is 15.0. The second-order valence-electron chi connectivity index (χ2n) is 6.28. The number of nitrogens with one attached hydrogen (secondary N) is 1. The Morgan fingerprint density at radius 2 is 1.84 bits per heavy atom. The first-order valence-electron chi connectivity index (χ1n) is 8.31. The molecule has 1 N–H and O–H groups in total. The highest BCUT2D eigenvalue weighted by atomic mass is 19.1. The predicted molar refractivity (Wildman–Crippen MR) is 92.6 cm³/mol. The molecule has 0 unspecified atom stereocenters. The molecule has 0 bridgehead atoms. The van der Waals surface area contributed by atoms with Crippen LogP contribution in [0.25, 0.3) is 0 Å². The standard InChI is InChI=1S/C19H20FN3O2/c1-13-6-9-21-17(12-13)22-18(24)14-7-10-23(11-8-14)19(25)15-2-4-16(20)5-3-15/h2-6,9,12,14H,7-8,10-11H2,1H3,(H,21,22,24). The Kier molecular flexibility index (Phi) is 5.07. The van der Waals surface area contributed by atoms with E-state index in [9.17, 15) is 14.0 Å². The van der Waals surface area contributed by atoms with Gasteiger partial charge in [0.15, 0.2) is 0 Å². The Morgan fingerprint density at radius 1 is 1.16 bits per heavy atom. The smallest absolute Gasteiger partial charge is 0.253 e. The maximum atomic E-state index is 13.0. The first-order valence-corrected chi connectivity index (χ1v) is 8.31. The van der Waals surface area contributed by atoms with E-state index in [-0.39, 0.29) is 23.5 Å².